The molecule has 0 unspecified atom stereocenters. The van der Waals surface area contributed by atoms with Crippen LogP contribution >= 0.6 is 12.2 Å². The molecule has 1 N–H and O–H groups in total. The molecular weight excluding hydrogens is 380 g/mol. The van der Waals surface area contributed by atoms with E-state index in [2.05, 4.69) is 10.2 Å². The number of anilines is 1. The zero-order valence-electron chi connectivity index (χ0n) is 15.6. The molecule has 0 aromatic heterocycles. The normalized spacial score (nSPS) is 26.8. The highest BCUT2D eigenvalue weighted by Gasteiger charge is 2.61. The molecule has 1 aromatic rings. The van der Waals surface area contributed by atoms with Crippen molar-refractivity contribution >= 4 is 40.5 Å². The number of thiocarbonyl (C=S) groups is 1. The van der Waals surface area contributed by atoms with E-state index in [0.717, 1.165) is 31.5 Å². The second-order valence-electron chi connectivity index (χ2n) is 7.64. The molecule has 9 heteroatoms. The van der Waals surface area contributed by atoms with E-state index in [0.29, 0.717) is 18.5 Å². The lowest BCUT2D eigenvalue weighted by molar-refractivity contribution is -0.384. The number of fused-ring (bicyclic) bond motifs is 4. The number of piperidine rings is 1. The Labute approximate surface area is 168 Å². The third-order valence-corrected chi connectivity index (χ3v) is 6.39. The van der Waals surface area contributed by atoms with Crippen molar-refractivity contribution in [1.82, 2.24) is 10.2 Å². The van der Waals surface area contributed by atoms with E-state index < -0.39 is 10.3 Å². The third kappa shape index (κ3) is 2.60. The van der Waals surface area contributed by atoms with Crippen molar-refractivity contribution in [2.75, 3.05) is 18.0 Å². The average Bonchev–Trinajstić information content (AvgIpc) is 2.69. The van der Waals surface area contributed by atoms with Gasteiger partial charge in [0.25, 0.3) is 5.69 Å². The first-order chi connectivity index (χ1) is 13.4. The predicted molar refractivity (Wildman–Crippen MR) is 107 cm³/mol. The SMILES string of the molecule is CCCN1C(=O)[C@@]2(Cc3cc([N+](=O)[O-])ccc3N3CCCC[C@H]32)C(=O)NC1=S. The molecule has 2 atom stereocenters. The molecule has 3 aliphatic rings. The Morgan fingerprint density at radius 2 is 2.14 bits per heavy atom. The fourth-order valence-electron chi connectivity index (χ4n) is 4.84. The Morgan fingerprint density at radius 3 is 2.86 bits per heavy atom. The van der Waals surface area contributed by atoms with Gasteiger partial charge in [-0.2, -0.15) is 0 Å². The summed E-state index contributed by atoms with van der Waals surface area (Å²) >= 11 is 5.25. The van der Waals surface area contributed by atoms with Gasteiger partial charge in [-0.1, -0.05) is 6.92 Å². The minimum atomic E-state index is -1.31. The molecule has 3 heterocycles. The Balaban J connectivity index is 1.87. The summed E-state index contributed by atoms with van der Waals surface area (Å²) < 4.78 is 0. The number of non-ortho nitro benzene ring substituents is 1. The largest absolute Gasteiger partial charge is 0.367 e. The summed E-state index contributed by atoms with van der Waals surface area (Å²) in [6.45, 7) is 3.11. The topological polar surface area (TPSA) is 95.8 Å². The molecule has 28 heavy (non-hydrogen) atoms. The van der Waals surface area contributed by atoms with Gasteiger partial charge in [0.2, 0.25) is 11.8 Å². The van der Waals surface area contributed by atoms with Crippen LogP contribution in [0.4, 0.5) is 11.4 Å². The first-order valence-corrected chi connectivity index (χ1v) is 10.0. The number of rotatable bonds is 3. The monoisotopic (exact) mass is 402 g/mol. The number of nitrogens with zero attached hydrogens (tertiary/aromatic N) is 3. The van der Waals surface area contributed by atoms with Gasteiger partial charge in [0, 0.05) is 37.3 Å². The molecule has 0 aliphatic carbocycles. The molecule has 3 aliphatic heterocycles. The van der Waals surface area contributed by atoms with E-state index in [1.807, 2.05) is 6.92 Å². The lowest BCUT2D eigenvalue weighted by Gasteiger charge is -2.54. The summed E-state index contributed by atoms with van der Waals surface area (Å²) in [5.41, 5.74) is 0.214. The van der Waals surface area contributed by atoms with Crippen LogP contribution in [0.2, 0.25) is 0 Å². The number of amides is 2. The van der Waals surface area contributed by atoms with E-state index in [1.165, 1.54) is 17.0 Å². The van der Waals surface area contributed by atoms with Crippen molar-refractivity contribution in [3.05, 3.63) is 33.9 Å². The highest BCUT2D eigenvalue weighted by atomic mass is 32.1. The number of carbonyl (C=O) groups excluding carboxylic acids is 2. The van der Waals surface area contributed by atoms with Crippen molar-refractivity contribution in [3.63, 3.8) is 0 Å². The van der Waals surface area contributed by atoms with Gasteiger partial charge < -0.3 is 10.2 Å². The van der Waals surface area contributed by atoms with Crippen LogP contribution in [0.3, 0.4) is 0 Å². The second kappa shape index (κ2) is 6.80. The molecule has 0 bridgehead atoms. The zero-order valence-corrected chi connectivity index (χ0v) is 16.5. The summed E-state index contributed by atoms with van der Waals surface area (Å²) in [5, 5.41) is 14.2. The number of benzene rings is 1. The second-order valence-corrected chi connectivity index (χ2v) is 8.03. The van der Waals surface area contributed by atoms with Gasteiger partial charge in [0.05, 0.1) is 11.0 Å². The summed E-state index contributed by atoms with van der Waals surface area (Å²) in [5.74, 6) is -0.666. The summed E-state index contributed by atoms with van der Waals surface area (Å²) in [7, 11) is 0. The van der Waals surface area contributed by atoms with Gasteiger partial charge in [0.15, 0.2) is 10.5 Å². The Bertz CT molecular complexity index is 889. The first-order valence-electron chi connectivity index (χ1n) is 9.61. The first kappa shape index (κ1) is 18.8. The standard InChI is InChI=1S/C19H22N4O4S/c1-2-8-22-17(25)19(16(24)20-18(22)28)11-12-10-13(23(26)27)6-7-14(12)21-9-4-3-5-15(19)21/h6-7,10,15H,2-5,8-9,11H2,1H3,(H,20,24,28)/t15-,19+/m0/s1. The number of nitro benzene ring substituents is 1. The van der Waals surface area contributed by atoms with Crippen LogP contribution in [-0.4, -0.2) is 45.9 Å². The quantitative estimate of drug-likeness (QED) is 0.360. The van der Waals surface area contributed by atoms with Crippen molar-refractivity contribution in [3.8, 4) is 0 Å². The van der Waals surface area contributed by atoms with Gasteiger partial charge in [-0.3, -0.25) is 24.6 Å². The van der Waals surface area contributed by atoms with Gasteiger partial charge in [-0.25, -0.2) is 0 Å². The van der Waals surface area contributed by atoms with Crippen molar-refractivity contribution < 1.29 is 14.5 Å². The van der Waals surface area contributed by atoms with Crippen LogP contribution < -0.4 is 10.2 Å². The van der Waals surface area contributed by atoms with E-state index in [-0.39, 0.29) is 35.1 Å². The Morgan fingerprint density at radius 1 is 1.36 bits per heavy atom. The molecular formula is C19H22N4O4S. The number of hydrogen-bond acceptors (Lipinski definition) is 6. The van der Waals surface area contributed by atoms with Crippen molar-refractivity contribution in [2.45, 2.75) is 45.1 Å². The zero-order chi connectivity index (χ0) is 20.1. The van der Waals surface area contributed by atoms with Crippen LogP contribution in [0.5, 0.6) is 0 Å². The smallest absolute Gasteiger partial charge is 0.269 e. The van der Waals surface area contributed by atoms with Crippen LogP contribution in [-0.2, 0) is 16.0 Å². The van der Waals surface area contributed by atoms with E-state index in [9.17, 15) is 19.7 Å². The van der Waals surface area contributed by atoms with E-state index in [4.69, 9.17) is 12.2 Å². The average molecular weight is 402 g/mol. The number of carbonyl (C=O) groups is 2. The van der Waals surface area contributed by atoms with Crippen LogP contribution in [0.1, 0.15) is 38.2 Å². The van der Waals surface area contributed by atoms with Crippen molar-refractivity contribution in [2.24, 2.45) is 5.41 Å². The molecule has 2 saturated heterocycles. The molecule has 0 radical (unpaired) electrons. The number of nitro groups is 1. The molecule has 4 rings (SSSR count). The van der Waals surface area contributed by atoms with Gasteiger partial charge in [-0.05, 0) is 49.5 Å². The Hall–Kier alpha value is -2.55. The molecule has 2 amide bonds. The van der Waals surface area contributed by atoms with E-state index in [1.54, 1.807) is 6.07 Å². The highest BCUT2D eigenvalue weighted by Crippen LogP contribution is 2.48. The maximum atomic E-state index is 13.6. The summed E-state index contributed by atoms with van der Waals surface area (Å²) in [4.78, 5) is 41.2. The molecule has 0 saturated carbocycles. The van der Waals surface area contributed by atoms with E-state index >= 15 is 0 Å². The molecule has 1 aromatic carbocycles. The highest BCUT2D eigenvalue weighted by molar-refractivity contribution is 7.80. The van der Waals surface area contributed by atoms with Crippen LogP contribution in [0, 0.1) is 15.5 Å². The minimum absolute atomic E-state index is 0.0334. The molecule has 1 spiro atoms. The molecule has 8 nitrogen and oxygen atoms in total. The summed E-state index contributed by atoms with van der Waals surface area (Å²) in [6.07, 6.45) is 3.48. The third-order valence-electron chi connectivity index (χ3n) is 6.07. The van der Waals surface area contributed by atoms with Crippen molar-refractivity contribution in [1.29, 1.82) is 0 Å². The number of hydrogen-bond donors (Lipinski definition) is 1. The van der Waals surface area contributed by atoms with Crippen LogP contribution in [0.25, 0.3) is 0 Å². The fraction of sp³-hybridized carbons (Fsp3) is 0.526. The van der Waals surface area contributed by atoms with Crippen LogP contribution in [0.15, 0.2) is 18.2 Å². The number of nitrogens with one attached hydrogen (secondary N) is 1. The molecule has 148 valence electrons. The van der Waals surface area contributed by atoms with Gasteiger partial charge in [-0.15, -0.1) is 0 Å². The fourth-order valence-corrected chi connectivity index (χ4v) is 5.11. The maximum Gasteiger partial charge on any atom is 0.269 e. The molecule has 2 fully saturated rings. The lowest BCUT2D eigenvalue weighted by Crippen LogP contribution is -2.72. The minimum Gasteiger partial charge on any atom is -0.367 e. The summed E-state index contributed by atoms with van der Waals surface area (Å²) in [6, 6.07) is 4.46. The van der Waals surface area contributed by atoms with Gasteiger partial charge in [0.1, 0.15) is 0 Å². The van der Waals surface area contributed by atoms with Gasteiger partial charge >= 0.3 is 0 Å². The predicted octanol–water partition coefficient (Wildman–Crippen LogP) is 2.15. The lowest BCUT2D eigenvalue weighted by atomic mass is 9.66. The maximum absolute atomic E-state index is 13.6. The Kier molecular flexibility index (Phi) is 4.57.